The molecule has 0 atom stereocenters. The van der Waals surface area contributed by atoms with Crippen molar-refractivity contribution >= 4 is 11.4 Å². The summed E-state index contributed by atoms with van der Waals surface area (Å²) in [5.74, 6) is 0.807. The van der Waals surface area contributed by atoms with Crippen LogP contribution in [0.3, 0.4) is 0 Å². The second-order valence-corrected chi connectivity index (χ2v) is 6.47. The first-order valence-corrected chi connectivity index (χ1v) is 8.31. The molecule has 0 unspecified atom stereocenters. The smallest absolute Gasteiger partial charge is 0.119 e. The number of hydrogen-bond donors (Lipinski definition) is 0. The fourth-order valence-corrected chi connectivity index (χ4v) is 3.20. The molecule has 4 nitrogen and oxygen atoms in total. The number of nitrogens with zero attached hydrogens (tertiary/aromatic N) is 3. The first-order valence-electron chi connectivity index (χ1n) is 8.31. The van der Waals surface area contributed by atoms with Crippen molar-refractivity contribution < 1.29 is 4.74 Å². The SMILES string of the molecule is C=CCN1/C(=C/N=Nc2ccc(OC)cc2)C(C)(C)c2ccccc21. The van der Waals surface area contributed by atoms with E-state index in [9.17, 15) is 0 Å². The maximum atomic E-state index is 5.16. The molecule has 0 N–H and O–H groups in total. The van der Waals surface area contributed by atoms with E-state index in [-0.39, 0.29) is 5.41 Å². The van der Waals surface area contributed by atoms with Crippen LogP contribution >= 0.6 is 0 Å². The van der Waals surface area contributed by atoms with Crippen LogP contribution in [0.2, 0.25) is 0 Å². The van der Waals surface area contributed by atoms with E-state index in [1.54, 1.807) is 7.11 Å². The van der Waals surface area contributed by atoms with E-state index < -0.39 is 0 Å². The van der Waals surface area contributed by atoms with Gasteiger partial charge in [-0.3, -0.25) is 0 Å². The molecule has 4 heteroatoms. The molecule has 1 heterocycles. The monoisotopic (exact) mass is 333 g/mol. The Morgan fingerprint density at radius 1 is 1.12 bits per heavy atom. The third-order valence-corrected chi connectivity index (χ3v) is 4.54. The Bertz CT molecular complexity index is 819. The number of benzene rings is 2. The summed E-state index contributed by atoms with van der Waals surface area (Å²) < 4.78 is 5.16. The molecule has 2 aromatic carbocycles. The lowest BCUT2D eigenvalue weighted by molar-refractivity contribution is 0.415. The molecular weight excluding hydrogens is 310 g/mol. The summed E-state index contributed by atoms with van der Waals surface area (Å²) in [5.41, 5.74) is 4.28. The van der Waals surface area contributed by atoms with Crippen molar-refractivity contribution in [2.75, 3.05) is 18.6 Å². The lowest BCUT2D eigenvalue weighted by Gasteiger charge is -2.25. The molecule has 1 aliphatic rings. The number of methoxy groups -OCH3 is 1. The quantitative estimate of drug-likeness (QED) is 0.527. The standard InChI is InChI=1S/C21H23N3O/c1-5-14-24-19-9-7-6-8-18(19)21(2,3)20(24)15-22-23-16-10-12-17(25-4)13-11-16/h5-13,15H,1,14H2,2-4H3/b20-15+,23-22?. The zero-order valence-electron chi connectivity index (χ0n) is 14.9. The van der Waals surface area contributed by atoms with Crippen LogP contribution in [0.25, 0.3) is 0 Å². The van der Waals surface area contributed by atoms with E-state index in [0.717, 1.165) is 23.7 Å². The highest BCUT2D eigenvalue weighted by atomic mass is 16.5. The molecule has 0 fully saturated rings. The minimum absolute atomic E-state index is 0.126. The fourth-order valence-electron chi connectivity index (χ4n) is 3.20. The Hall–Kier alpha value is -2.88. The number of allylic oxidation sites excluding steroid dienone is 1. The van der Waals surface area contributed by atoms with Crippen molar-refractivity contribution in [1.82, 2.24) is 0 Å². The Morgan fingerprint density at radius 3 is 2.52 bits per heavy atom. The first-order chi connectivity index (χ1) is 12.1. The average Bonchev–Trinajstić information content (AvgIpc) is 2.84. The average molecular weight is 333 g/mol. The zero-order chi connectivity index (χ0) is 17.9. The van der Waals surface area contributed by atoms with Gasteiger partial charge in [-0.1, -0.05) is 38.1 Å². The van der Waals surface area contributed by atoms with E-state index in [1.165, 1.54) is 11.3 Å². The predicted octanol–water partition coefficient (Wildman–Crippen LogP) is 5.60. The van der Waals surface area contributed by atoms with Gasteiger partial charge >= 0.3 is 0 Å². The minimum atomic E-state index is -0.126. The van der Waals surface area contributed by atoms with Gasteiger partial charge < -0.3 is 9.64 Å². The van der Waals surface area contributed by atoms with Crippen molar-refractivity contribution in [3.63, 3.8) is 0 Å². The molecule has 0 aromatic heterocycles. The molecule has 25 heavy (non-hydrogen) atoms. The molecule has 0 amide bonds. The van der Waals surface area contributed by atoms with E-state index in [4.69, 9.17) is 4.74 Å². The van der Waals surface area contributed by atoms with Gasteiger partial charge in [0.2, 0.25) is 0 Å². The van der Waals surface area contributed by atoms with Gasteiger partial charge in [-0.2, -0.15) is 10.2 Å². The Balaban J connectivity index is 1.92. The molecule has 128 valence electrons. The molecular formula is C21H23N3O. The van der Waals surface area contributed by atoms with Crippen molar-refractivity contribution in [1.29, 1.82) is 0 Å². The van der Waals surface area contributed by atoms with Crippen molar-refractivity contribution in [2.45, 2.75) is 19.3 Å². The van der Waals surface area contributed by atoms with Gasteiger partial charge in [0.25, 0.3) is 0 Å². The first kappa shape index (κ1) is 17.0. The molecule has 0 aliphatic carbocycles. The zero-order valence-corrected chi connectivity index (χ0v) is 14.9. The molecule has 1 aliphatic heterocycles. The Labute approximate surface area is 149 Å². The number of anilines is 1. The number of para-hydroxylation sites is 1. The second-order valence-electron chi connectivity index (χ2n) is 6.47. The predicted molar refractivity (Wildman–Crippen MR) is 103 cm³/mol. The number of fused-ring (bicyclic) bond motifs is 1. The Kier molecular flexibility index (Phi) is 4.70. The third-order valence-electron chi connectivity index (χ3n) is 4.54. The summed E-state index contributed by atoms with van der Waals surface area (Å²) in [5, 5.41) is 8.65. The van der Waals surface area contributed by atoms with E-state index in [2.05, 4.69) is 59.8 Å². The van der Waals surface area contributed by atoms with Crippen molar-refractivity contribution in [3.05, 3.63) is 78.6 Å². The van der Waals surface area contributed by atoms with Crippen LogP contribution < -0.4 is 9.64 Å². The van der Waals surface area contributed by atoms with Crippen LogP contribution in [0.15, 0.2) is 83.3 Å². The minimum Gasteiger partial charge on any atom is -0.497 e. The molecule has 2 aromatic rings. The summed E-state index contributed by atoms with van der Waals surface area (Å²) in [6, 6.07) is 16.0. The van der Waals surface area contributed by atoms with Crippen LogP contribution in [-0.2, 0) is 5.41 Å². The van der Waals surface area contributed by atoms with E-state index in [1.807, 2.05) is 36.5 Å². The van der Waals surface area contributed by atoms with E-state index in [0.29, 0.717) is 0 Å². The highest BCUT2D eigenvalue weighted by Gasteiger charge is 2.39. The van der Waals surface area contributed by atoms with Crippen LogP contribution in [0, 0.1) is 0 Å². The number of azo groups is 1. The molecule has 0 spiro atoms. The van der Waals surface area contributed by atoms with Gasteiger partial charge in [0, 0.05) is 23.3 Å². The van der Waals surface area contributed by atoms with E-state index >= 15 is 0 Å². The van der Waals surface area contributed by atoms with Crippen LogP contribution in [0.1, 0.15) is 19.4 Å². The number of rotatable bonds is 5. The molecule has 0 radical (unpaired) electrons. The highest BCUT2D eigenvalue weighted by molar-refractivity contribution is 5.70. The van der Waals surface area contributed by atoms with Gasteiger partial charge in [-0.05, 0) is 35.9 Å². The summed E-state index contributed by atoms with van der Waals surface area (Å²) in [4.78, 5) is 2.25. The molecule has 0 bridgehead atoms. The van der Waals surface area contributed by atoms with Crippen molar-refractivity contribution in [2.24, 2.45) is 10.2 Å². The summed E-state index contributed by atoms with van der Waals surface area (Å²) >= 11 is 0. The third kappa shape index (κ3) is 3.20. The Morgan fingerprint density at radius 2 is 1.84 bits per heavy atom. The molecule has 0 saturated carbocycles. The lowest BCUT2D eigenvalue weighted by atomic mass is 9.84. The van der Waals surface area contributed by atoms with Gasteiger partial charge in [0.15, 0.2) is 0 Å². The normalized spacial score (nSPS) is 17.1. The van der Waals surface area contributed by atoms with Gasteiger partial charge in [-0.15, -0.1) is 6.58 Å². The number of hydrogen-bond acceptors (Lipinski definition) is 4. The largest absolute Gasteiger partial charge is 0.497 e. The highest BCUT2D eigenvalue weighted by Crippen LogP contribution is 2.47. The van der Waals surface area contributed by atoms with Gasteiger partial charge in [0.1, 0.15) is 5.75 Å². The maximum Gasteiger partial charge on any atom is 0.119 e. The van der Waals surface area contributed by atoms with Crippen LogP contribution in [0.5, 0.6) is 5.75 Å². The van der Waals surface area contributed by atoms with Gasteiger partial charge in [0.05, 0.1) is 19.0 Å². The van der Waals surface area contributed by atoms with Crippen LogP contribution in [-0.4, -0.2) is 13.7 Å². The van der Waals surface area contributed by atoms with Gasteiger partial charge in [-0.25, -0.2) is 0 Å². The maximum absolute atomic E-state index is 5.16. The second kappa shape index (κ2) is 6.93. The van der Waals surface area contributed by atoms with Crippen LogP contribution in [0.4, 0.5) is 11.4 Å². The summed E-state index contributed by atoms with van der Waals surface area (Å²) in [6.45, 7) is 9.05. The summed E-state index contributed by atoms with van der Waals surface area (Å²) in [7, 11) is 1.65. The topological polar surface area (TPSA) is 37.2 Å². The molecule has 3 rings (SSSR count). The fraction of sp³-hybridized carbons (Fsp3) is 0.238. The van der Waals surface area contributed by atoms with Crippen molar-refractivity contribution in [3.8, 4) is 5.75 Å². The molecule has 0 saturated heterocycles. The summed E-state index contributed by atoms with van der Waals surface area (Å²) in [6.07, 6.45) is 3.76. The lowest BCUT2D eigenvalue weighted by Crippen LogP contribution is -2.26. The number of ether oxygens (including phenoxy) is 1.